The van der Waals surface area contributed by atoms with Gasteiger partial charge in [0.05, 0.1) is 11.2 Å². The van der Waals surface area contributed by atoms with Gasteiger partial charge in [0, 0.05) is 52.6 Å². The fraction of sp³-hybridized carbons (Fsp3) is 0. The molecule has 4 heterocycles. The van der Waals surface area contributed by atoms with Crippen molar-refractivity contribution >= 4 is 32.8 Å². The highest BCUT2D eigenvalue weighted by Gasteiger charge is 2.11. The van der Waals surface area contributed by atoms with Crippen molar-refractivity contribution < 1.29 is 4.42 Å². The summed E-state index contributed by atoms with van der Waals surface area (Å²) in [6.07, 6.45) is 7.19. The van der Waals surface area contributed by atoms with Gasteiger partial charge in [0.25, 0.3) is 0 Å². The van der Waals surface area contributed by atoms with E-state index in [1.165, 1.54) is 0 Å². The fourth-order valence-corrected chi connectivity index (χ4v) is 2.97. The largest absolute Gasteiger partial charge is 0.456 e. The molecule has 0 spiro atoms. The van der Waals surface area contributed by atoms with Gasteiger partial charge >= 0.3 is 0 Å². The van der Waals surface area contributed by atoms with E-state index in [-0.39, 0.29) is 0 Å². The van der Waals surface area contributed by atoms with Gasteiger partial charge < -0.3 is 4.42 Å². The molecule has 0 atom stereocenters. The number of furan rings is 1. The van der Waals surface area contributed by atoms with Crippen molar-refractivity contribution in [2.45, 2.75) is 0 Å². The molecule has 0 aliphatic heterocycles. The summed E-state index contributed by atoms with van der Waals surface area (Å²) in [5, 5.41) is 3.06. The summed E-state index contributed by atoms with van der Waals surface area (Å²) in [6, 6.07) is 13.9. The van der Waals surface area contributed by atoms with Crippen molar-refractivity contribution in [3.8, 4) is 11.3 Å². The van der Waals surface area contributed by atoms with Gasteiger partial charge in [-0.05, 0) is 12.1 Å². The second kappa shape index (κ2) is 4.61. The van der Waals surface area contributed by atoms with E-state index < -0.39 is 0 Å². The van der Waals surface area contributed by atoms with E-state index in [0.717, 1.165) is 44.1 Å². The molecule has 5 aromatic rings. The van der Waals surface area contributed by atoms with E-state index in [9.17, 15) is 0 Å². The Balaban J connectivity index is 1.81. The molecule has 4 aromatic heterocycles. The summed E-state index contributed by atoms with van der Waals surface area (Å²) < 4.78 is 5.93. The lowest BCUT2D eigenvalue weighted by molar-refractivity contribution is 0.668. The lowest BCUT2D eigenvalue weighted by Crippen LogP contribution is -1.87. The SMILES string of the molecule is c1cnc2c(-c3cc4oc5ccncc5c4cn3)cccc2c1. The number of rotatable bonds is 1. The van der Waals surface area contributed by atoms with Gasteiger partial charge in [0.1, 0.15) is 11.2 Å². The maximum absolute atomic E-state index is 5.93. The van der Waals surface area contributed by atoms with Crippen LogP contribution in [-0.4, -0.2) is 15.0 Å². The van der Waals surface area contributed by atoms with Crippen molar-refractivity contribution in [1.29, 1.82) is 0 Å². The number of hydrogen-bond acceptors (Lipinski definition) is 4. The molecule has 4 heteroatoms. The predicted molar refractivity (Wildman–Crippen MR) is 90.0 cm³/mol. The van der Waals surface area contributed by atoms with Crippen molar-refractivity contribution in [3.05, 3.63) is 67.3 Å². The van der Waals surface area contributed by atoms with Crippen LogP contribution in [0.2, 0.25) is 0 Å². The monoisotopic (exact) mass is 297 g/mol. The molecule has 0 unspecified atom stereocenters. The molecule has 0 N–H and O–H groups in total. The number of pyridine rings is 3. The van der Waals surface area contributed by atoms with Crippen LogP contribution in [0.4, 0.5) is 0 Å². The molecule has 0 aliphatic rings. The van der Waals surface area contributed by atoms with E-state index in [4.69, 9.17) is 4.42 Å². The number of aromatic nitrogens is 3. The lowest BCUT2D eigenvalue weighted by atomic mass is 10.1. The average molecular weight is 297 g/mol. The highest BCUT2D eigenvalue weighted by Crippen LogP contribution is 2.32. The first-order chi connectivity index (χ1) is 11.4. The average Bonchev–Trinajstić information content (AvgIpc) is 2.99. The van der Waals surface area contributed by atoms with E-state index in [1.807, 2.05) is 42.7 Å². The quantitative estimate of drug-likeness (QED) is 0.454. The normalized spacial score (nSPS) is 11.5. The molecule has 0 aliphatic carbocycles. The molecule has 0 fully saturated rings. The third-order valence-corrected chi connectivity index (χ3v) is 4.07. The molecule has 5 rings (SSSR count). The van der Waals surface area contributed by atoms with Crippen molar-refractivity contribution in [3.63, 3.8) is 0 Å². The Hall–Kier alpha value is -3.27. The highest BCUT2D eigenvalue weighted by molar-refractivity contribution is 6.05. The van der Waals surface area contributed by atoms with E-state index in [2.05, 4.69) is 27.1 Å². The number of para-hydroxylation sites is 1. The van der Waals surface area contributed by atoms with Crippen LogP contribution in [-0.2, 0) is 0 Å². The van der Waals surface area contributed by atoms with Crippen LogP contribution >= 0.6 is 0 Å². The molecule has 1 aromatic carbocycles. The van der Waals surface area contributed by atoms with Gasteiger partial charge in [-0.15, -0.1) is 0 Å². The summed E-state index contributed by atoms with van der Waals surface area (Å²) in [7, 11) is 0. The first-order valence-electron chi connectivity index (χ1n) is 7.36. The van der Waals surface area contributed by atoms with E-state index in [1.54, 1.807) is 12.4 Å². The zero-order chi connectivity index (χ0) is 15.2. The highest BCUT2D eigenvalue weighted by atomic mass is 16.3. The summed E-state index contributed by atoms with van der Waals surface area (Å²) in [4.78, 5) is 13.3. The molecular formula is C19H11N3O. The molecule has 0 saturated carbocycles. The first-order valence-corrected chi connectivity index (χ1v) is 7.36. The van der Waals surface area contributed by atoms with Crippen LogP contribution in [0.15, 0.2) is 71.7 Å². The third-order valence-electron chi connectivity index (χ3n) is 4.07. The van der Waals surface area contributed by atoms with Crippen molar-refractivity contribution in [1.82, 2.24) is 15.0 Å². The maximum atomic E-state index is 5.93. The number of fused-ring (bicyclic) bond motifs is 4. The predicted octanol–water partition coefficient (Wildman–Crippen LogP) is 4.59. The van der Waals surface area contributed by atoms with Crippen LogP contribution in [0.3, 0.4) is 0 Å². The molecule has 0 bridgehead atoms. The van der Waals surface area contributed by atoms with Gasteiger partial charge in [-0.3, -0.25) is 15.0 Å². The Morgan fingerprint density at radius 2 is 1.70 bits per heavy atom. The van der Waals surface area contributed by atoms with Gasteiger partial charge in [0.2, 0.25) is 0 Å². The lowest BCUT2D eigenvalue weighted by Gasteiger charge is -2.04. The molecule has 0 radical (unpaired) electrons. The number of benzene rings is 1. The van der Waals surface area contributed by atoms with E-state index >= 15 is 0 Å². The van der Waals surface area contributed by atoms with Gasteiger partial charge in [0.15, 0.2) is 0 Å². The number of hydrogen-bond donors (Lipinski definition) is 0. The van der Waals surface area contributed by atoms with Crippen molar-refractivity contribution in [2.24, 2.45) is 0 Å². The Labute approximate surface area is 131 Å². The van der Waals surface area contributed by atoms with Crippen molar-refractivity contribution in [2.75, 3.05) is 0 Å². The van der Waals surface area contributed by atoms with Gasteiger partial charge in [-0.1, -0.05) is 24.3 Å². The summed E-state index contributed by atoms with van der Waals surface area (Å²) in [5.74, 6) is 0. The Morgan fingerprint density at radius 1 is 0.783 bits per heavy atom. The van der Waals surface area contributed by atoms with E-state index in [0.29, 0.717) is 0 Å². The minimum atomic E-state index is 0.811. The minimum absolute atomic E-state index is 0.811. The van der Waals surface area contributed by atoms with Crippen LogP contribution < -0.4 is 0 Å². The topological polar surface area (TPSA) is 51.8 Å². The van der Waals surface area contributed by atoms with Crippen LogP contribution in [0, 0.1) is 0 Å². The Bertz CT molecular complexity index is 1170. The van der Waals surface area contributed by atoms with Gasteiger partial charge in [-0.25, -0.2) is 0 Å². The third kappa shape index (κ3) is 1.82. The van der Waals surface area contributed by atoms with Crippen LogP contribution in [0.25, 0.3) is 44.1 Å². The number of nitrogens with zero attached hydrogens (tertiary/aromatic N) is 3. The Kier molecular flexibility index (Phi) is 2.46. The second-order valence-corrected chi connectivity index (χ2v) is 5.42. The molecular weight excluding hydrogens is 286 g/mol. The fourth-order valence-electron chi connectivity index (χ4n) is 2.97. The zero-order valence-corrected chi connectivity index (χ0v) is 12.1. The maximum Gasteiger partial charge on any atom is 0.139 e. The molecule has 0 amide bonds. The van der Waals surface area contributed by atoms with Crippen LogP contribution in [0.5, 0.6) is 0 Å². The molecule has 4 nitrogen and oxygen atoms in total. The Morgan fingerprint density at radius 3 is 2.70 bits per heavy atom. The standard InChI is InChI=1S/C19H11N3O/c1-3-12-4-2-7-21-19(12)13(5-1)16-9-18-15(11-22-16)14-10-20-8-6-17(14)23-18/h1-11H. The summed E-state index contributed by atoms with van der Waals surface area (Å²) in [5.41, 5.74) is 4.44. The zero-order valence-electron chi connectivity index (χ0n) is 12.1. The summed E-state index contributed by atoms with van der Waals surface area (Å²) in [6.45, 7) is 0. The minimum Gasteiger partial charge on any atom is -0.456 e. The molecule has 23 heavy (non-hydrogen) atoms. The first kappa shape index (κ1) is 12.3. The molecule has 108 valence electrons. The second-order valence-electron chi connectivity index (χ2n) is 5.42. The molecule has 0 saturated heterocycles. The summed E-state index contributed by atoms with van der Waals surface area (Å²) >= 11 is 0. The smallest absolute Gasteiger partial charge is 0.139 e. The van der Waals surface area contributed by atoms with Crippen LogP contribution in [0.1, 0.15) is 0 Å². The van der Waals surface area contributed by atoms with Gasteiger partial charge in [-0.2, -0.15) is 0 Å².